The van der Waals surface area contributed by atoms with Crippen LogP contribution in [0.3, 0.4) is 0 Å². The number of carbonyl (C=O) groups excluding carboxylic acids is 1. The van der Waals surface area contributed by atoms with Gasteiger partial charge in [-0.15, -0.1) is 0 Å². The number of aryl methyl sites for hydroxylation is 1. The molecule has 2 aromatic rings. The minimum absolute atomic E-state index is 0.0559. The molecule has 192 valence electrons. The van der Waals surface area contributed by atoms with Crippen molar-refractivity contribution in [1.82, 2.24) is 9.55 Å². The summed E-state index contributed by atoms with van der Waals surface area (Å²) in [7, 11) is -3.90. The SMILES string of the molecule is Cc1cn([C@@H]2C[C@@H](O)[C@H](CO[P@](=O)(C[C@@H](C)C(=O)OC(C)C)Oc3ccccc3)O2)c(=O)[nH]c1=O. The first-order valence-corrected chi connectivity index (χ1v) is 13.0. The zero-order chi connectivity index (χ0) is 25.8. The number of ether oxygens (including phenoxy) is 2. The Hall–Kier alpha value is -2.72. The number of nitrogens with one attached hydrogen (secondary N) is 1. The predicted octanol–water partition coefficient (Wildman–Crippen LogP) is 2.37. The van der Waals surface area contributed by atoms with Crippen LogP contribution in [0.25, 0.3) is 0 Å². The van der Waals surface area contributed by atoms with Crippen LogP contribution < -0.4 is 15.8 Å². The molecule has 35 heavy (non-hydrogen) atoms. The van der Waals surface area contributed by atoms with Crippen molar-refractivity contribution in [2.45, 2.75) is 58.7 Å². The van der Waals surface area contributed by atoms with Gasteiger partial charge in [0.25, 0.3) is 5.56 Å². The van der Waals surface area contributed by atoms with E-state index in [4.69, 9.17) is 18.5 Å². The number of hydrogen-bond donors (Lipinski definition) is 2. The molecule has 0 bridgehead atoms. The quantitative estimate of drug-likeness (QED) is 0.363. The molecule has 1 fully saturated rings. The molecule has 1 saturated heterocycles. The molecule has 5 atom stereocenters. The van der Waals surface area contributed by atoms with Crippen LogP contribution in [-0.4, -0.2) is 51.7 Å². The number of aromatic amines is 1. The Labute approximate surface area is 202 Å². The Morgan fingerprint density at radius 1 is 1.26 bits per heavy atom. The Balaban J connectivity index is 1.73. The molecule has 1 aliphatic heterocycles. The molecule has 0 amide bonds. The predicted molar refractivity (Wildman–Crippen MR) is 126 cm³/mol. The zero-order valence-electron chi connectivity index (χ0n) is 20.1. The lowest BCUT2D eigenvalue weighted by molar-refractivity contribution is -0.151. The molecule has 0 spiro atoms. The monoisotopic (exact) mass is 510 g/mol. The van der Waals surface area contributed by atoms with Gasteiger partial charge < -0.3 is 19.1 Å². The van der Waals surface area contributed by atoms with E-state index in [1.165, 1.54) is 10.8 Å². The second kappa shape index (κ2) is 11.3. The number of esters is 1. The summed E-state index contributed by atoms with van der Waals surface area (Å²) in [4.78, 5) is 38.3. The minimum Gasteiger partial charge on any atom is -0.463 e. The standard InChI is InChI=1S/C23H31N2O9P/c1-14(2)32-22(28)16(4)13-35(30,34-17-8-6-5-7-9-17)31-12-19-18(26)10-20(33-19)25-11-15(3)21(27)24-23(25)29/h5-9,11,14,16,18-20,26H,10,12-13H2,1-4H3,(H,24,27,29)/t16-,18-,19+,20+,35-/m1/s1. The highest BCUT2D eigenvalue weighted by Gasteiger charge is 2.39. The molecule has 0 unspecified atom stereocenters. The smallest absolute Gasteiger partial charge is 0.380 e. The maximum absolute atomic E-state index is 13.7. The first kappa shape index (κ1) is 26.9. The highest BCUT2D eigenvalue weighted by molar-refractivity contribution is 7.54. The van der Waals surface area contributed by atoms with E-state index in [1.807, 2.05) is 0 Å². The summed E-state index contributed by atoms with van der Waals surface area (Å²) in [6, 6.07) is 8.39. The first-order chi connectivity index (χ1) is 16.5. The molecule has 12 heteroatoms. The number of aromatic nitrogens is 2. The van der Waals surface area contributed by atoms with Gasteiger partial charge in [-0.05, 0) is 32.9 Å². The molecule has 0 aliphatic carbocycles. The number of nitrogens with zero attached hydrogens (tertiary/aromatic N) is 1. The summed E-state index contributed by atoms with van der Waals surface area (Å²) >= 11 is 0. The van der Waals surface area contributed by atoms with Gasteiger partial charge in [-0.25, -0.2) is 9.36 Å². The Morgan fingerprint density at radius 2 is 1.94 bits per heavy atom. The fourth-order valence-corrected chi connectivity index (χ4v) is 5.41. The van der Waals surface area contributed by atoms with Crippen molar-refractivity contribution in [1.29, 1.82) is 0 Å². The highest BCUT2D eigenvalue weighted by atomic mass is 31.2. The van der Waals surface area contributed by atoms with Gasteiger partial charge in [-0.1, -0.05) is 25.1 Å². The molecule has 2 N–H and O–H groups in total. The van der Waals surface area contributed by atoms with Crippen LogP contribution in [0, 0.1) is 12.8 Å². The molecule has 1 aliphatic rings. The van der Waals surface area contributed by atoms with Crippen LogP contribution in [0.1, 0.15) is 39.0 Å². The Morgan fingerprint density at radius 3 is 2.60 bits per heavy atom. The van der Waals surface area contributed by atoms with Crippen LogP contribution >= 0.6 is 7.60 Å². The largest absolute Gasteiger partial charge is 0.463 e. The van der Waals surface area contributed by atoms with E-state index < -0.39 is 49.2 Å². The molecule has 0 radical (unpaired) electrons. The van der Waals surface area contributed by atoms with Gasteiger partial charge in [0.15, 0.2) is 0 Å². The second-order valence-electron chi connectivity index (χ2n) is 8.79. The summed E-state index contributed by atoms with van der Waals surface area (Å²) in [6.07, 6.45) is -1.99. The van der Waals surface area contributed by atoms with Gasteiger partial charge >= 0.3 is 19.3 Å². The van der Waals surface area contributed by atoms with Crippen molar-refractivity contribution in [2.75, 3.05) is 12.8 Å². The summed E-state index contributed by atoms with van der Waals surface area (Å²) in [6.45, 7) is 6.22. The van der Waals surface area contributed by atoms with E-state index in [9.17, 15) is 24.1 Å². The van der Waals surface area contributed by atoms with Gasteiger partial charge in [0.1, 0.15) is 18.1 Å². The van der Waals surface area contributed by atoms with Crippen molar-refractivity contribution in [2.24, 2.45) is 5.92 Å². The number of hydrogen-bond acceptors (Lipinski definition) is 9. The average Bonchev–Trinajstić information content (AvgIpc) is 3.15. The van der Waals surface area contributed by atoms with Crippen LogP contribution in [0.4, 0.5) is 0 Å². The zero-order valence-corrected chi connectivity index (χ0v) is 21.0. The van der Waals surface area contributed by atoms with Gasteiger partial charge in [0.05, 0.1) is 30.9 Å². The minimum atomic E-state index is -3.90. The summed E-state index contributed by atoms with van der Waals surface area (Å²) < 4.78 is 37.2. The molecule has 1 aromatic carbocycles. The van der Waals surface area contributed by atoms with Crippen LogP contribution in [0.5, 0.6) is 5.75 Å². The van der Waals surface area contributed by atoms with Gasteiger partial charge in [-0.2, -0.15) is 0 Å². The van der Waals surface area contributed by atoms with Crippen LogP contribution in [0.2, 0.25) is 0 Å². The van der Waals surface area contributed by atoms with Crippen LogP contribution in [0.15, 0.2) is 46.1 Å². The molecule has 0 saturated carbocycles. The van der Waals surface area contributed by atoms with E-state index in [1.54, 1.807) is 58.0 Å². The fourth-order valence-electron chi connectivity index (χ4n) is 3.54. The fraction of sp³-hybridized carbons (Fsp3) is 0.522. The molecular weight excluding hydrogens is 479 g/mol. The van der Waals surface area contributed by atoms with Gasteiger partial charge in [0.2, 0.25) is 0 Å². The average molecular weight is 510 g/mol. The number of para-hydroxylation sites is 1. The van der Waals surface area contributed by atoms with E-state index in [-0.39, 0.29) is 25.3 Å². The van der Waals surface area contributed by atoms with Crippen molar-refractivity contribution in [3.63, 3.8) is 0 Å². The lowest BCUT2D eigenvalue weighted by atomic mass is 10.2. The van der Waals surface area contributed by atoms with Gasteiger partial charge in [0, 0.05) is 18.2 Å². The van der Waals surface area contributed by atoms with E-state index in [0.717, 1.165) is 0 Å². The molecule has 1 aromatic heterocycles. The Kier molecular flexibility index (Phi) is 8.71. The number of aliphatic hydroxyl groups excluding tert-OH is 1. The van der Waals surface area contributed by atoms with E-state index in [2.05, 4.69) is 4.98 Å². The lowest BCUT2D eigenvalue weighted by Gasteiger charge is -2.24. The van der Waals surface area contributed by atoms with Crippen molar-refractivity contribution < 1.29 is 33.0 Å². The van der Waals surface area contributed by atoms with E-state index >= 15 is 0 Å². The number of aliphatic hydroxyl groups is 1. The number of benzene rings is 1. The van der Waals surface area contributed by atoms with E-state index in [0.29, 0.717) is 11.3 Å². The molecule has 11 nitrogen and oxygen atoms in total. The highest BCUT2D eigenvalue weighted by Crippen LogP contribution is 2.50. The lowest BCUT2D eigenvalue weighted by Crippen LogP contribution is -2.33. The van der Waals surface area contributed by atoms with Crippen molar-refractivity contribution in [3.8, 4) is 5.75 Å². The summed E-state index contributed by atoms with van der Waals surface area (Å²) in [5, 5.41) is 10.5. The third-order valence-electron chi connectivity index (χ3n) is 5.34. The first-order valence-electron chi connectivity index (χ1n) is 11.3. The summed E-state index contributed by atoms with van der Waals surface area (Å²) in [5.41, 5.74) is -0.867. The second-order valence-corrected chi connectivity index (χ2v) is 10.8. The summed E-state index contributed by atoms with van der Waals surface area (Å²) in [5.74, 6) is -1.02. The third-order valence-corrected chi connectivity index (χ3v) is 7.36. The molecule has 3 rings (SSSR count). The number of carbonyl (C=O) groups is 1. The van der Waals surface area contributed by atoms with Crippen molar-refractivity contribution >= 4 is 13.6 Å². The third kappa shape index (κ3) is 7.14. The van der Waals surface area contributed by atoms with Crippen LogP contribution in [-0.2, 0) is 23.4 Å². The maximum Gasteiger partial charge on any atom is 0.380 e. The van der Waals surface area contributed by atoms with Crippen molar-refractivity contribution in [3.05, 3.63) is 62.9 Å². The maximum atomic E-state index is 13.7. The molecule has 2 heterocycles. The topological polar surface area (TPSA) is 146 Å². The normalized spacial score (nSPS) is 22.5. The number of H-pyrrole nitrogens is 1. The Bertz CT molecular complexity index is 1180. The molecular formula is C23H31N2O9P. The van der Waals surface area contributed by atoms with Gasteiger partial charge in [-0.3, -0.25) is 23.7 Å². The number of rotatable bonds is 10.